The van der Waals surface area contributed by atoms with Gasteiger partial charge in [-0.15, -0.1) is 0 Å². The summed E-state index contributed by atoms with van der Waals surface area (Å²) in [5.74, 6) is 0.297. The fourth-order valence-corrected chi connectivity index (χ4v) is 3.46. The van der Waals surface area contributed by atoms with E-state index in [0.717, 1.165) is 38.9 Å². The van der Waals surface area contributed by atoms with Crippen LogP contribution in [0.3, 0.4) is 0 Å². The summed E-state index contributed by atoms with van der Waals surface area (Å²) in [6.45, 7) is 4.26. The van der Waals surface area contributed by atoms with Crippen molar-refractivity contribution in [3.8, 4) is 0 Å². The van der Waals surface area contributed by atoms with Gasteiger partial charge >= 0.3 is 0 Å². The number of nitrogens with one attached hydrogen (secondary N) is 1. The topological polar surface area (TPSA) is 67.2 Å². The highest BCUT2D eigenvalue weighted by Crippen LogP contribution is 2.37. The van der Waals surface area contributed by atoms with Crippen LogP contribution in [-0.4, -0.2) is 46.1 Å². The Bertz CT molecular complexity index is 518. The van der Waals surface area contributed by atoms with E-state index in [-0.39, 0.29) is 23.3 Å². The standard InChI is InChI=1S/C15H22N4O2/c1-2-12(19-7-3-6-17-19)14(21)18-8-4-15(5-9-18)10-13(20)16-11-15/h3,6-7,12H,2,4-5,8-11H2,1H3,(H,16,20)/t12-/m0/s1. The van der Waals surface area contributed by atoms with E-state index in [1.807, 2.05) is 24.1 Å². The van der Waals surface area contributed by atoms with E-state index in [2.05, 4.69) is 10.4 Å². The van der Waals surface area contributed by atoms with Crippen LogP contribution in [0.15, 0.2) is 18.5 Å². The molecule has 2 saturated heterocycles. The Labute approximate surface area is 124 Å². The average molecular weight is 290 g/mol. The minimum absolute atomic E-state index is 0.0846. The second kappa shape index (κ2) is 5.50. The Morgan fingerprint density at radius 2 is 2.24 bits per heavy atom. The molecule has 114 valence electrons. The maximum Gasteiger partial charge on any atom is 0.247 e. The van der Waals surface area contributed by atoms with Crippen LogP contribution < -0.4 is 5.32 Å². The predicted molar refractivity (Wildman–Crippen MR) is 77.4 cm³/mol. The molecule has 1 spiro atoms. The van der Waals surface area contributed by atoms with E-state index in [1.54, 1.807) is 10.9 Å². The lowest BCUT2D eigenvalue weighted by molar-refractivity contribution is -0.137. The molecule has 2 aliphatic rings. The Balaban J connectivity index is 1.63. The molecule has 1 aromatic rings. The molecule has 2 aliphatic heterocycles. The zero-order valence-electron chi connectivity index (χ0n) is 12.4. The van der Waals surface area contributed by atoms with E-state index in [4.69, 9.17) is 0 Å². The maximum atomic E-state index is 12.7. The predicted octanol–water partition coefficient (Wildman–Crippen LogP) is 0.963. The van der Waals surface area contributed by atoms with Crippen molar-refractivity contribution < 1.29 is 9.59 Å². The van der Waals surface area contributed by atoms with Gasteiger partial charge in [0.2, 0.25) is 11.8 Å². The summed E-state index contributed by atoms with van der Waals surface area (Å²) in [4.78, 5) is 26.1. The van der Waals surface area contributed by atoms with Crippen LogP contribution in [0.2, 0.25) is 0 Å². The number of carbonyl (C=O) groups is 2. The first-order valence-electron chi connectivity index (χ1n) is 7.68. The van der Waals surface area contributed by atoms with Gasteiger partial charge in [-0.1, -0.05) is 6.92 Å². The summed E-state index contributed by atoms with van der Waals surface area (Å²) >= 11 is 0. The van der Waals surface area contributed by atoms with Crippen LogP contribution in [0, 0.1) is 5.41 Å². The zero-order chi connectivity index (χ0) is 14.9. The van der Waals surface area contributed by atoms with Gasteiger partial charge in [0.05, 0.1) is 0 Å². The van der Waals surface area contributed by atoms with Crippen molar-refractivity contribution in [2.24, 2.45) is 5.41 Å². The minimum Gasteiger partial charge on any atom is -0.356 e. The first-order valence-corrected chi connectivity index (χ1v) is 7.68. The summed E-state index contributed by atoms with van der Waals surface area (Å²) < 4.78 is 1.74. The van der Waals surface area contributed by atoms with Gasteiger partial charge in [0.15, 0.2) is 0 Å². The molecule has 0 aliphatic carbocycles. The minimum atomic E-state index is -0.211. The number of piperidine rings is 1. The van der Waals surface area contributed by atoms with E-state index in [0.29, 0.717) is 6.42 Å². The van der Waals surface area contributed by atoms with E-state index >= 15 is 0 Å². The molecule has 6 heteroatoms. The first-order chi connectivity index (χ1) is 10.1. The molecular weight excluding hydrogens is 268 g/mol. The van der Waals surface area contributed by atoms with Crippen molar-refractivity contribution >= 4 is 11.8 Å². The van der Waals surface area contributed by atoms with Gasteiger partial charge < -0.3 is 10.2 Å². The van der Waals surface area contributed by atoms with Gasteiger partial charge in [0, 0.05) is 38.4 Å². The number of hydrogen-bond acceptors (Lipinski definition) is 3. The molecule has 21 heavy (non-hydrogen) atoms. The molecule has 1 atom stereocenters. The van der Waals surface area contributed by atoms with Crippen LogP contribution in [0.1, 0.15) is 38.6 Å². The lowest BCUT2D eigenvalue weighted by Gasteiger charge is -2.39. The zero-order valence-corrected chi connectivity index (χ0v) is 12.4. The molecule has 2 fully saturated rings. The number of carbonyl (C=O) groups excluding carboxylic acids is 2. The molecule has 1 N–H and O–H groups in total. The summed E-state index contributed by atoms with van der Waals surface area (Å²) in [5.41, 5.74) is 0.0846. The van der Waals surface area contributed by atoms with Crippen LogP contribution in [0.4, 0.5) is 0 Å². The molecule has 0 saturated carbocycles. The van der Waals surface area contributed by atoms with E-state index in [9.17, 15) is 9.59 Å². The van der Waals surface area contributed by atoms with Crippen molar-refractivity contribution in [2.45, 2.75) is 38.6 Å². The Morgan fingerprint density at radius 3 is 2.76 bits per heavy atom. The number of likely N-dealkylation sites (tertiary alicyclic amines) is 1. The molecule has 0 radical (unpaired) electrons. The van der Waals surface area contributed by atoms with Gasteiger partial charge in [0.1, 0.15) is 6.04 Å². The van der Waals surface area contributed by atoms with Crippen molar-refractivity contribution in [3.05, 3.63) is 18.5 Å². The monoisotopic (exact) mass is 290 g/mol. The number of amides is 2. The average Bonchev–Trinajstić information content (AvgIpc) is 3.12. The second-order valence-electron chi connectivity index (χ2n) is 6.19. The molecule has 6 nitrogen and oxygen atoms in total. The number of hydrogen-bond donors (Lipinski definition) is 1. The summed E-state index contributed by atoms with van der Waals surface area (Å²) in [7, 11) is 0. The summed E-state index contributed by atoms with van der Waals surface area (Å²) in [5, 5.41) is 7.12. The lowest BCUT2D eigenvalue weighted by atomic mass is 9.77. The van der Waals surface area contributed by atoms with Crippen molar-refractivity contribution in [2.75, 3.05) is 19.6 Å². The van der Waals surface area contributed by atoms with Gasteiger partial charge in [-0.3, -0.25) is 14.3 Å². The second-order valence-corrected chi connectivity index (χ2v) is 6.19. The molecule has 3 rings (SSSR count). The lowest BCUT2D eigenvalue weighted by Crippen LogP contribution is -2.46. The number of rotatable bonds is 3. The van der Waals surface area contributed by atoms with Crippen LogP contribution in [0.5, 0.6) is 0 Å². The largest absolute Gasteiger partial charge is 0.356 e. The third kappa shape index (κ3) is 2.66. The summed E-state index contributed by atoms with van der Waals surface area (Å²) in [6.07, 6.45) is 6.72. The summed E-state index contributed by atoms with van der Waals surface area (Å²) in [6, 6.07) is 1.63. The number of aromatic nitrogens is 2. The Kier molecular flexibility index (Phi) is 3.69. The molecule has 0 unspecified atom stereocenters. The quantitative estimate of drug-likeness (QED) is 0.901. The first kappa shape index (κ1) is 14.1. The Hall–Kier alpha value is -1.85. The Morgan fingerprint density at radius 1 is 1.48 bits per heavy atom. The van der Waals surface area contributed by atoms with Crippen LogP contribution in [-0.2, 0) is 9.59 Å². The highest BCUT2D eigenvalue weighted by Gasteiger charge is 2.42. The SMILES string of the molecule is CC[C@@H](C(=O)N1CCC2(CC1)CNC(=O)C2)n1cccn1. The van der Waals surface area contributed by atoms with Crippen molar-refractivity contribution in [3.63, 3.8) is 0 Å². The third-order valence-corrected chi connectivity index (χ3v) is 4.85. The normalized spacial score (nSPS) is 22.3. The molecule has 3 heterocycles. The molecular formula is C15H22N4O2. The fourth-order valence-electron chi connectivity index (χ4n) is 3.46. The number of nitrogens with zero attached hydrogens (tertiary/aromatic N) is 3. The molecule has 0 aromatic carbocycles. The van der Waals surface area contributed by atoms with Gasteiger partial charge in [0.25, 0.3) is 0 Å². The fraction of sp³-hybridized carbons (Fsp3) is 0.667. The third-order valence-electron chi connectivity index (χ3n) is 4.85. The van der Waals surface area contributed by atoms with E-state index < -0.39 is 0 Å². The highest BCUT2D eigenvalue weighted by atomic mass is 16.2. The van der Waals surface area contributed by atoms with Gasteiger partial charge in [-0.2, -0.15) is 5.10 Å². The maximum absolute atomic E-state index is 12.7. The van der Waals surface area contributed by atoms with Gasteiger partial charge in [-0.05, 0) is 30.7 Å². The van der Waals surface area contributed by atoms with Crippen molar-refractivity contribution in [1.82, 2.24) is 20.0 Å². The molecule has 1 aromatic heterocycles. The van der Waals surface area contributed by atoms with Crippen LogP contribution >= 0.6 is 0 Å². The smallest absolute Gasteiger partial charge is 0.247 e. The van der Waals surface area contributed by atoms with Crippen molar-refractivity contribution in [1.29, 1.82) is 0 Å². The highest BCUT2D eigenvalue weighted by molar-refractivity contribution is 5.81. The molecule has 2 amide bonds. The van der Waals surface area contributed by atoms with Gasteiger partial charge in [-0.25, -0.2) is 0 Å². The van der Waals surface area contributed by atoms with E-state index in [1.165, 1.54) is 0 Å². The molecule has 0 bridgehead atoms. The van der Waals surface area contributed by atoms with Crippen LogP contribution in [0.25, 0.3) is 0 Å².